The zero-order valence-electron chi connectivity index (χ0n) is 12.3. The molecule has 0 saturated carbocycles. The predicted octanol–water partition coefficient (Wildman–Crippen LogP) is 4.16. The van der Waals surface area contributed by atoms with Crippen molar-refractivity contribution in [3.8, 4) is 11.4 Å². The van der Waals surface area contributed by atoms with Crippen LogP contribution in [0.4, 0.5) is 0 Å². The lowest BCUT2D eigenvalue weighted by Gasteiger charge is -2.13. The highest BCUT2D eigenvalue weighted by Gasteiger charge is 2.20. The molecule has 1 aromatic heterocycles. The molecule has 1 heterocycles. The van der Waals surface area contributed by atoms with Crippen LogP contribution in [0.25, 0.3) is 11.4 Å². The highest BCUT2D eigenvalue weighted by atomic mass is 79.9. The van der Waals surface area contributed by atoms with Gasteiger partial charge in [-0.15, -0.1) is 0 Å². The van der Waals surface area contributed by atoms with Crippen molar-refractivity contribution in [2.24, 2.45) is 11.7 Å². The molecular formula is C15H20BrN3O. The molecule has 0 aliphatic carbocycles. The van der Waals surface area contributed by atoms with E-state index in [-0.39, 0.29) is 6.04 Å². The van der Waals surface area contributed by atoms with Crippen LogP contribution in [0.5, 0.6) is 0 Å². The van der Waals surface area contributed by atoms with Crippen molar-refractivity contribution in [2.45, 2.75) is 40.2 Å². The summed E-state index contributed by atoms with van der Waals surface area (Å²) in [6.07, 6.45) is 0.982. The van der Waals surface area contributed by atoms with Crippen molar-refractivity contribution in [3.63, 3.8) is 0 Å². The van der Waals surface area contributed by atoms with Crippen LogP contribution in [-0.4, -0.2) is 10.1 Å². The highest BCUT2D eigenvalue weighted by Crippen LogP contribution is 2.28. The number of nitrogens with two attached hydrogens (primary N) is 1. The molecule has 0 aliphatic heterocycles. The van der Waals surface area contributed by atoms with Gasteiger partial charge >= 0.3 is 0 Å². The van der Waals surface area contributed by atoms with Crippen LogP contribution in [0, 0.1) is 19.8 Å². The van der Waals surface area contributed by atoms with Gasteiger partial charge in [0.1, 0.15) is 0 Å². The first kappa shape index (κ1) is 15.2. The maximum Gasteiger partial charge on any atom is 0.244 e. The minimum Gasteiger partial charge on any atom is -0.337 e. The van der Waals surface area contributed by atoms with E-state index in [9.17, 15) is 0 Å². The number of aryl methyl sites for hydroxylation is 2. The van der Waals surface area contributed by atoms with Gasteiger partial charge in [-0.2, -0.15) is 4.98 Å². The fraction of sp³-hybridized carbons (Fsp3) is 0.467. The summed E-state index contributed by atoms with van der Waals surface area (Å²) in [5.41, 5.74) is 9.37. The van der Waals surface area contributed by atoms with E-state index in [0.29, 0.717) is 17.6 Å². The fourth-order valence-corrected chi connectivity index (χ4v) is 2.29. The van der Waals surface area contributed by atoms with Crippen LogP contribution >= 0.6 is 15.9 Å². The second-order valence-corrected chi connectivity index (χ2v) is 6.08. The van der Waals surface area contributed by atoms with Crippen molar-refractivity contribution in [1.82, 2.24) is 10.1 Å². The molecule has 2 rings (SSSR count). The second kappa shape index (κ2) is 6.06. The molecule has 0 spiro atoms. The Morgan fingerprint density at radius 2 is 1.90 bits per heavy atom. The molecule has 0 amide bonds. The summed E-state index contributed by atoms with van der Waals surface area (Å²) in [4.78, 5) is 4.44. The van der Waals surface area contributed by atoms with E-state index in [2.05, 4.69) is 39.9 Å². The van der Waals surface area contributed by atoms with E-state index >= 15 is 0 Å². The van der Waals surface area contributed by atoms with Gasteiger partial charge in [0.2, 0.25) is 11.7 Å². The Bertz CT molecular complexity index is 586. The molecule has 2 aromatic rings. The molecule has 5 heteroatoms. The normalized spacial score (nSPS) is 14.3. The van der Waals surface area contributed by atoms with Crippen LogP contribution in [0.1, 0.15) is 43.3 Å². The van der Waals surface area contributed by atoms with Gasteiger partial charge in [-0.3, -0.25) is 0 Å². The first-order valence-corrected chi connectivity index (χ1v) is 7.59. The largest absolute Gasteiger partial charge is 0.337 e. The molecule has 2 atom stereocenters. The van der Waals surface area contributed by atoms with Gasteiger partial charge in [-0.25, -0.2) is 0 Å². The van der Waals surface area contributed by atoms with E-state index in [1.165, 1.54) is 0 Å². The molecule has 0 fully saturated rings. The molecule has 0 aliphatic rings. The zero-order chi connectivity index (χ0) is 14.9. The third-order valence-electron chi connectivity index (χ3n) is 3.68. The van der Waals surface area contributed by atoms with Gasteiger partial charge in [0.25, 0.3) is 0 Å². The lowest BCUT2D eigenvalue weighted by molar-refractivity contribution is 0.312. The summed E-state index contributed by atoms with van der Waals surface area (Å²) < 4.78 is 6.43. The molecule has 108 valence electrons. The molecule has 0 saturated heterocycles. The number of halogens is 1. The average molecular weight is 338 g/mol. The summed E-state index contributed by atoms with van der Waals surface area (Å²) in [7, 11) is 0. The van der Waals surface area contributed by atoms with Crippen LogP contribution < -0.4 is 5.73 Å². The van der Waals surface area contributed by atoms with Gasteiger partial charge in [0, 0.05) is 10.0 Å². The van der Waals surface area contributed by atoms with Crippen molar-refractivity contribution in [2.75, 3.05) is 0 Å². The Morgan fingerprint density at radius 1 is 1.30 bits per heavy atom. The molecule has 4 nitrogen and oxygen atoms in total. The number of hydrogen-bond acceptors (Lipinski definition) is 4. The Kier molecular flexibility index (Phi) is 4.60. The maximum absolute atomic E-state index is 6.12. The topological polar surface area (TPSA) is 64.9 Å². The van der Waals surface area contributed by atoms with Gasteiger partial charge in [-0.05, 0) is 43.0 Å². The molecule has 0 radical (unpaired) electrons. The lowest BCUT2D eigenvalue weighted by atomic mass is 10.0. The van der Waals surface area contributed by atoms with Gasteiger partial charge < -0.3 is 10.3 Å². The van der Waals surface area contributed by atoms with E-state index in [4.69, 9.17) is 10.3 Å². The van der Waals surface area contributed by atoms with Gasteiger partial charge in [0.15, 0.2) is 0 Å². The van der Waals surface area contributed by atoms with Crippen molar-refractivity contribution in [1.29, 1.82) is 0 Å². The van der Waals surface area contributed by atoms with Gasteiger partial charge in [-0.1, -0.05) is 41.4 Å². The molecule has 20 heavy (non-hydrogen) atoms. The van der Waals surface area contributed by atoms with E-state index in [1.807, 2.05) is 26.0 Å². The van der Waals surface area contributed by atoms with Crippen LogP contribution in [-0.2, 0) is 0 Å². The molecule has 2 N–H and O–H groups in total. The molecule has 1 aromatic carbocycles. The Hall–Kier alpha value is -1.20. The van der Waals surface area contributed by atoms with Gasteiger partial charge in [0.05, 0.1) is 6.04 Å². The number of rotatable bonds is 4. The third kappa shape index (κ3) is 2.94. The lowest BCUT2D eigenvalue weighted by Crippen LogP contribution is -2.18. The summed E-state index contributed by atoms with van der Waals surface area (Å²) in [5, 5.41) is 4.05. The monoisotopic (exact) mass is 337 g/mol. The minimum absolute atomic E-state index is 0.209. The summed E-state index contributed by atoms with van der Waals surface area (Å²) in [5.74, 6) is 1.42. The SMILES string of the molecule is CCC(C)[C@H](N)c1nc(-c2cc(C)c(Br)c(C)c2)no1. The van der Waals surface area contributed by atoms with Crippen LogP contribution in [0.2, 0.25) is 0 Å². The first-order valence-electron chi connectivity index (χ1n) is 6.80. The van der Waals surface area contributed by atoms with E-state index in [1.54, 1.807) is 0 Å². The highest BCUT2D eigenvalue weighted by molar-refractivity contribution is 9.10. The molecule has 1 unspecified atom stereocenters. The maximum atomic E-state index is 6.12. The van der Waals surface area contributed by atoms with Crippen LogP contribution in [0.3, 0.4) is 0 Å². The summed E-state index contributed by atoms with van der Waals surface area (Å²) in [6, 6.07) is 3.87. The summed E-state index contributed by atoms with van der Waals surface area (Å²) in [6.45, 7) is 8.28. The predicted molar refractivity (Wildman–Crippen MR) is 83.3 cm³/mol. The third-order valence-corrected chi connectivity index (χ3v) is 4.93. The first-order chi connectivity index (χ1) is 9.43. The van der Waals surface area contributed by atoms with E-state index in [0.717, 1.165) is 27.6 Å². The zero-order valence-corrected chi connectivity index (χ0v) is 13.9. The summed E-state index contributed by atoms with van der Waals surface area (Å²) >= 11 is 3.56. The number of benzene rings is 1. The fourth-order valence-electron chi connectivity index (χ4n) is 2.06. The van der Waals surface area contributed by atoms with Crippen molar-refractivity contribution >= 4 is 15.9 Å². The van der Waals surface area contributed by atoms with E-state index < -0.39 is 0 Å². The Morgan fingerprint density at radius 3 is 2.45 bits per heavy atom. The van der Waals surface area contributed by atoms with Crippen LogP contribution in [0.15, 0.2) is 21.1 Å². The standard InChI is InChI=1S/C15H20BrN3O/c1-5-8(2)13(17)15-18-14(19-20-15)11-6-9(3)12(16)10(4)7-11/h6-8,13H,5,17H2,1-4H3/t8?,13-/m0/s1. The quantitative estimate of drug-likeness (QED) is 0.909. The molecular weight excluding hydrogens is 318 g/mol. The number of nitrogens with zero attached hydrogens (tertiary/aromatic N) is 2. The number of hydrogen-bond donors (Lipinski definition) is 1. The van der Waals surface area contributed by atoms with Crippen molar-refractivity contribution < 1.29 is 4.52 Å². The second-order valence-electron chi connectivity index (χ2n) is 5.29. The molecule has 0 bridgehead atoms. The van der Waals surface area contributed by atoms with Crippen molar-refractivity contribution in [3.05, 3.63) is 33.6 Å². The Balaban J connectivity index is 2.34. The Labute approximate surface area is 127 Å². The number of aromatic nitrogens is 2. The minimum atomic E-state index is -0.209. The average Bonchev–Trinajstić information content (AvgIpc) is 2.92. The smallest absolute Gasteiger partial charge is 0.244 e.